The Hall–Kier alpha value is -5.05. The van der Waals surface area contributed by atoms with Gasteiger partial charge in [-0.15, -0.1) is 0 Å². The number of carbonyl (C=O) groups excluding carboxylic acids is 1. The lowest BCUT2D eigenvalue weighted by Gasteiger charge is -2.15. The van der Waals surface area contributed by atoms with Crippen molar-refractivity contribution < 1.29 is 13.9 Å². The van der Waals surface area contributed by atoms with Crippen LogP contribution >= 0.6 is 0 Å². The van der Waals surface area contributed by atoms with Gasteiger partial charge in [-0.3, -0.25) is 4.79 Å². The first-order valence-electron chi connectivity index (χ1n) is 12.0. The summed E-state index contributed by atoms with van der Waals surface area (Å²) in [7, 11) is 1.92. The van der Waals surface area contributed by atoms with E-state index in [1.54, 1.807) is 12.1 Å². The maximum Gasteiger partial charge on any atom is 0.247 e. The van der Waals surface area contributed by atoms with Crippen LogP contribution in [0.4, 0.5) is 15.9 Å². The zero-order valence-corrected chi connectivity index (χ0v) is 20.7. The fourth-order valence-electron chi connectivity index (χ4n) is 4.81. The number of fused-ring (bicyclic) bond motifs is 2. The molecule has 1 aliphatic rings. The van der Waals surface area contributed by atoms with Gasteiger partial charge in [0.25, 0.3) is 0 Å². The summed E-state index contributed by atoms with van der Waals surface area (Å²) in [5, 5.41) is 6.94. The summed E-state index contributed by atoms with van der Waals surface area (Å²) in [6, 6.07) is 16.0. The third kappa shape index (κ3) is 3.94. The number of nitrogens with one attached hydrogen (secondary N) is 2. The van der Waals surface area contributed by atoms with Gasteiger partial charge >= 0.3 is 0 Å². The second kappa shape index (κ2) is 9.11. The minimum atomic E-state index is -0.502. The standard InChI is InChI=1S/C29H23FN6O2/c1-4-23(37)35-19-10-8-17(9-11-19)27-25-20-13-21(30)22(38-24-7-5-6-16(2)34-24)12-18(20)14-31-28-26(25)29(36(27)3)33-15-32-28/h4-13,15H,1,14H2,2-3H3,(H,35,37)(H,31,32,33). The minimum absolute atomic E-state index is 0.0942. The van der Waals surface area contributed by atoms with E-state index in [0.717, 1.165) is 39.0 Å². The van der Waals surface area contributed by atoms with E-state index >= 15 is 4.39 Å². The molecule has 1 amide bonds. The molecule has 0 spiro atoms. The first-order valence-corrected chi connectivity index (χ1v) is 12.0. The summed E-state index contributed by atoms with van der Waals surface area (Å²) in [6.45, 7) is 5.76. The quantitative estimate of drug-likeness (QED) is 0.285. The summed E-state index contributed by atoms with van der Waals surface area (Å²) in [6.07, 6.45) is 2.73. The van der Waals surface area contributed by atoms with Gasteiger partial charge in [0, 0.05) is 36.6 Å². The number of pyridine rings is 1. The van der Waals surface area contributed by atoms with Crippen LogP contribution in [0.3, 0.4) is 0 Å². The molecule has 188 valence electrons. The normalized spacial score (nSPS) is 11.9. The molecule has 0 bridgehead atoms. The van der Waals surface area contributed by atoms with Gasteiger partial charge < -0.3 is 19.9 Å². The Morgan fingerprint density at radius 2 is 2.00 bits per heavy atom. The molecule has 4 heterocycles. The third-order valence-corrected chi connectivity index (χ3v) is 6.53. The molecular formula is C29H23FN6O2. The maximum absolute atomic E-state index is 15.5. The molecule has 9 heteroatoms. The number of amides is 1. The molecular weight excluding hydrogens is 483 g/mol. The van der Waals surface area contributed by atoms with Crippen LogP contribution in [0.25, 0.3) is 33.4 Å². The number of hydrogen-bond donors (Lipinski definition) is 2. The van der Waals surface area contributed by atoms with Crippen LogP contribution in [0, 0.1) is 12.7 Å². The molecule has 8 nitrogen and oxygen atoms in total. The lowest BCUT2D eigenvalue weighted by Crippen LogP contribution is -2.07. The molecule has 0 fully saturated rings. The van der Waals surface area contributed by atoms with Crippen molar-refractivity contribution in [2.75, 3.05) is 10.6 Å². The molecule has 0 saturated heterocycles. The highest BCUT2D eigenvalue weighted by molar-refractivity contribution is 6.09. The number of carbonyl (C=O) groups is 1. The zero-order chi connectivity index (χ0) is 26.4. The Bertz CT molecular complexity index is 1740. The van der Waals surface area contributed by atoms with Crippen molar-refractivity contribution >= 4 is 28.4 Å². The Kier molecular flexibility index (Phi) is 5.60. The van der Waals surface area contributed by atoms with Crippen LogP contribution in [0.15, 0.2) is 73.6 Å². The average molecular weight is 507 g/mol. The fourth-order valence-corrected chi connectivity index (χ4v) is 4.81. The van der Waals surface area contributed by atoms with Crippen molar-refractivity contribution in [3.05, 3.63) is 90.7 Å². The Morgan fingerprint density at radius 3 is 2.76 bits per heavy atom. The summed E-state index contributed by atoms with van der Waals surface area (Å²) >= 11 is 0. The van der Waals surface area contributed by atoms with Crippen molar-refractivity contribution in [3.63, 3.8) is 0 Å². The molecule has 1 aliphatic heterocycles. The molecule has 2 aromatic carbocycles. The fraction of sp³-hybridized carbons (Fsp3) is 0.103. The number of halogens is 1. The highest BCUT2D eigenvalue weighted by atomic mass is 19.1. The second-order valence-electron chi connectivity index (χ2n) is 8.99. The Morgan fingerprint density at radius 1 is 1.18 bits per heavy atom. The predicted octanol–water partition coefficient (Wildman–Crippen LogP) is 5.99. The summed E-state index contributed by atoms with van der Waals surface area (Å²) < 4.78 is 23.4. The number of rotatable bonds is 5. The van der Waals surface area contributed by atoms with Crippen LogP contribution in [-0.4, -0.2) is 25.4 Å². The first-order chi connectivity index (χ1) is 18.4. The minimum Gasteiger partial charge on any atom is -0.436 e. The van der Waals surface area contributed by atoms with Crippen molar-refractivity contribution in [2.45, 2.75) is 13.5 Å². The van der Waals surface area contributed by atoms with Gasteiger partial charge in [0.15, 0.2) is 11.6 Å². The van der Waals surface area contributed by atoms with E-state index in [9.17, 15) is 4.79 Å². The number of hydrogen-bond acceptors (Lipinski definition) is 6. The van der Waals surface area contributed by atoms with E-state index in [1.807, 2.05) is 54.9 Å². The van der Waals surface area contributed by atoms with E-state index in [2.05, 4.69) is 32.2 Å². The Balaban J connectivity index is 1.51. The molecule has 0 unspecified atom stereocenters. The highest BCUT2D eigenvalue weighted by Gasteiger charge is 2.28. The number of aryl methyl sites for hydroxylation is 2. The first kappa shape index (κ1) is 23.4. The average Bonchev–Trinajstić information content (AvgIpc) is 3.12. The number of ether oxygens (including phenoxy) is 1. The predicted molar refractivity (Wildman–Crippen MR) is 145 cm³/mol. The van der Waals surface area contributed by atoms with Crippen molar-refractivity contribution in [1.29, 1.82) is 0 Å². The summed E-state index contributed by atoms with van der Waals surface area (Å²) in [5.74, 6) is 0.296. The summed E-state index contributed by atoms with van der Waals surface area (Å²) in [4.78, 5) is 25.1. The van der Waals surface area contributed by atoms with E-state index in [0.29, 0.717) is 29.6 Å². The van der Waals surface area contributed by atoms with Crippen molar-refractivity contribution in [3.8, 4) is 34.0 Å². The third-order valence-electron chi connectivity index (χ3n) is 6.53. The van der Waals surface area contributed by atoms with Crippen molar-refractivity contribution in [1.82, 2.24) is 19.5 Å². The van der Waals surface area contributed by atoms with Gasteiger partial charge in [0.1, 0.15) is 17.8 Å². The van der Waals surface area contributed by atoms with Gasteiger partial charge in [-0.2, -0.15) is 0 Å². The maximum atomic E-state index is 15.5. The molecule has 38 heavy (non-hydrogen) atoms. The van der Waals surface area contributed by atoms with E-state index in [-0.39, 0.29) is 11.7 Å². The number of anilines is 2. The van der Waals surface area contributed by atoms with E-state index in [1.165, 1.54) is 18.5 Å². The van der Waals surface area contributed by atoms with Crippen LogP contribution < -0.4 is 15.4 Å². The summed E-state index contributed by atoms with van der Waals surface area (Å²) in [5.41, 5.74) is 6.24. The van der Waals surface area contributed by atoms with Crippen LogP contribution in [0.2, 0.25) is 0 Å². The van der Waals surface area contributed by atoms with Gasteiger partial charge in [-0.1, -0.05) is 24.8 Å². The van der Waals surface area contributed by atoms with Gasteiger partial charge in [0.05, 0.1) is 11.1 Å². The number of benzene rings is 2. The van der Waals surface area contributed by atoms with Crippen LogP contribution in [-0.2, 0) is 18.4 Å². The van der Waals surface area contributed by atoms with Crippen LogP contribution in [0.1, 0.15) is 11.3 Å². The molecule has 2 N–H and O–H groups in total. The van der Waals surface area contributed by atoms with E-state index in [4.69, 9.17) is 4.74 Å². The largest absolute Gasteiger partial charge is 0.436 e. The molecule has 0 radical (unpaired) electrons. The van der Waals surface area contributed by atoms with Gasteiger partial charge in [-0.25, -0.2) is 19.3 Å². The molecule has 6 rings (SSSR count). The SMILES string of the molecule is C=CC(=O)Nc1ccc(-c2c3c4c(ncnc4n2C)NCc2cc(Oc4cccc(C)n4)c(F)cc2-3)cc1. The Labute approximate surface area is 217 Å². The molecule has 5 aromatic rings. The highest BCUT2D eigenvalue weighted by Crippen LogP contribution is 2.46. The molecule has 0 aliphatic carbocycles. The lowest BCUT2D eigenvalue weighted by molar-refractivity contribution is -0.111. The molecule has 3 aromatic heterocycles. The van der Waals surface area contributed by atoms with Crippen molar-refractivity contribution in [2.24, 2.45) is 7.05 Å². The molecule has 0 atom stereocenters. The monoisotopic (exact) mass is 506 g/mol. The van der Waals surface area contributed by atoms with E-state index < -0.39 is 5.82 Å². The molecule has 0 saturated carbocycles. The number of nitrogens with zero attached hydrogens (tertiary/aromatic N) is 4. The van der Waals surface area contributed by atoms with Crippen LogP contribution in [0.5, 0.6) is 11.6 Å². The van der Waals surface area contributed by atoms with Gasteiger partial charge in [-0.05, 0) is 60.0 Å². The smallest absolute Gasteiger partial charge is 0.247 e. The zero-order valence-electron chi connectivity index (χ0n) is 20.7. The number of aromatic nitrogens is 4. The second-order valence-corrected chi connectivity index (χ2v) is 8.99. The lowest BCUT2D eigenvalue weighted by atomic mass is 9.95. The topological polar surface area (TPSA) is 94.0 Å². The van der Waals surface area contributed by atoms with Gasteiger partial charge in [0.2, 0.25) is 11.8 Å².